The SMILES string of the molecule is COc1cc(OC)c(NC(=O)c2ncoc2-c2ccc(OC)c(OC)c2)cc1Cl. The fourth-order valence-electron chi connectivity index (χ4n) is 2.73. The molecule has 0 saturated carbocycles. The van der Waals surface area contributed by atoms with Crippen molar-refractivity contribution in [1.82, 2.24) is 4.98 Å². The van der Waals surface area contributed by atoms with E-state index in [-0.39, 0.29) is 11.5 Å². The molecular weight excluding hydrogens is 400 g/mol. The van der Waals surface area contributed by atoms with E-state index in [2.05, 4.69) is 10.3 Å². The van der Waals surface area contributed by atoms with Gasteiger partial charge in [-0.3, -0.25) is 4.79 Å². The fraction of sp³-hybridized carbons (Fsp3) is 0.200. The second-order valence-corrected chi connectivity index (χ2v) is 6.15. The van der Waals surface area contributed by atoms with Gasteiger partial charge < -0.3 is 28.7 Å². The first kappa shape index (κ1) is 20.3. The summed E-state index contributed by atoms with van der Waals surface area (Å²) < 4.78 is 26.5. The van der Waals surface area contributed by atoms with Gasteiger partial charge >= 0.3 is 0 Å². The Kier molecular flexibility index (Phi) is 6.13. The summed E-state index contributed by atoms with van der Waals surface area (Å²) in [7, 11) is 6.03. The molecule has 0 radical (unpaired) electrons. The number of hydrogen-bond donors (Lipinski definition) is 1. The largest absolute Gasteiger partial charge is 0.495 e. The Hall–Kier alpha value is -3.39. The number of hydrogen-bond acceptors (Lipinski definition) is 7. The number of nitrogens with zero attached hydrogens (tertiary/aromatic N) is 1. The Morgan fingerprint density at radius 3 is 2.28 bits per heavy atom. The maximum Gasteiger partial charge on any atom is 0.278 e. The molecule has 1 heterocycles. The monoisotopic (exact) mass is 418 g/mol. The first-order valence-corrected chi connectivity index (χ1v) is 8.78. The highest BCUT2D eigenvalue weighted by Crippen LogP contribution is 2.37. The predicted molar refractivity (Wildman–Crippen MR) is 108 cm³/mol. The number of nitrogens with one attached hydrogen (secondary N) is 1. The quantitative estimate of drug-likeness (QED) is 0.612. The summed E-state index contributed by atoms with van der Waals surface area (Å²) in [6.45, 7) is 0. The Balaban J connectivity index is 1.94. The Morgan fingerprint density at radius 2 is 1.62 bits per heavy atom. The van der Waals surface area contributed by atoms with Gasteiger partial charge in [0.2, 0.25) is 0 Å². The van der Waals surface area contributed by atoms with Gasteiger partial charge in [-0.1, -0.05) is 11.6 Å². The number of methoxy groups -OCH3 is 4. The van der Waals surface area contributed by atoms with E-state index in [1.54, 1.807) is 24.3 Å². The van der Waals surface area contributed by atoms with Crippen LogP contribution in [0.15, 0.2) is 41.1 Å². The van der Waals surface area contributed by atoms with E-state index in [0.717, 1.165) is 0 Å². The molecule has 29 heavy (non-hydrogen) atoms. The summed E-state index contributed by atoms with van der Waals surface area (Å²) in [5.74, 6) is 1.64. The summed E-state index contributed by atoms with van der Waals surface area (Å²) in [6, 6.07) is 8.26. The maximum atomic E-state index is 12.9. The lowest BCUT2D eigenvalue weighted by atomic mass is 10.1. The Labute approximate surface area is 172 Å². The van der Waals surface area contributed by atoms with Gasteiger partial charge in [0, 0.05) is 11.6 Å². The number of carbonyl (C=O) groups is 1. The van der Waals surface area contributed by atoms with Gasteiger partial charge in [0.05, 0.1) is 39.1 Å². The van der Waals surface area contributed by atoms with Gasteiger partial charge in [-0.25, -0.2) is 4.98 Å². The molecule has 1 aromatic heterocycles. The molecule has 0 unspecified atom stereocenters. The Bertz CT molecular complexity index is 1030. The molecule has 9 heteroatoms. The summed E-state index contributed by atoms with van der Waals surface area (Å²) in [6.07, 6.45) is 1.19. The van der Waals surface area contributed by atoms with E-state index in [9.17, 15) is 4.79 Å². The lowest BCUT2D eigenvalue weighted by Gasteiger charge is -2.13. The van der Waals surface area contributed by atoms with E-state index in [4.69, 9.17) is 35.0 Å². The van der Waals surface area contributed by atoms with Gasteiger partial charge in [0.15, 0.2) is 29.3 Å². The molecule has 1 amide bonds. The highest BCUT2D eigenvalue weighted by atomic mass is 35.5. The van der Waals surface area contributed by atoms with Crippen LogP contribution in [0.3, 0.4) is 0 Å². The lowest BCUT2D eigenvalue weighted by Crippen LogP contribution is -2.14. The van der Waals surface area contributed by atoms with Crippen LogP contribution < -0.4 is 24.3 Å². The third-order valence-electron chi connectivity index (χ3n) is 4.15. The lowest BCUT2D eigenvalue weighted by molar-refractivity contribution is 0.102. The zero-order chi connectivity index (χ0) is 21.0. The Morgan fingerprint density at radius 1 is 0.931 bits per heavy atom. The van der Waals surface area contributed by atoms with Crippen LogP contribution in [0.5, 0.6) is 23.0 Å². The highest BCUT2D eigenvalue weighted by molar-refractivity contribution is 6.32. The predicted octanol–water partition coefficient (Wildman–Crippen LogP) is 4.28. The highest BCUT2D eigenvalue weighted by Gasteiger charge is 2.21. The summed E-state index contributed by atoms with van der Waals surface area (Å²) in [5, 5.41) is 3.06. The molecule has 2 aromatic carbocycles. The van der Waals surface area contributed by atoms with E-state index >= 15 is 0 Å². The van der Waals surface area contributed by atoms with Crippen molar-refractivity contribution in [2.45, 2.75) is 0 Å². The average molecular weight is 419 g/mol. The molecular formula is C20H19ClN2O6. The van der Waals surface area contributed by atoms with Crippen LogP contribution in [0, 0.1) is 0 Å². The first-order chi connectivity index (χ1) is 14.0. The van der Waals surface area contributed by atoms with Crippen LogP contribution >= 0.6 is 11.6 Å². The van der Waals surface area contributed by atoms with Crippen LogP contribution in [0.4, 0.5) is 5.69 Å². The number of carbonyl (C=O) groups excluding carboxylic acids is 1. The van der Waals surface area contributed by atoms with Gasteiger partial charge in [-0.05, 0) is 24.3 Å². The number of amides is 1. The zero-order valence-corrected chi connectivity index (χ0v) is 17.0. The first-order valence-electron chi connectivity index (χ1n) is 8.41. The molecule has 0 aliphatic heterocycles. The molecule has 0 aliphatic rings. The summed E-state index contributed by atoms with van der Waals surface area (Å²) in [4.78, 5) is 16.9. The molecule has 0 spiro atoms. The second kappa shape index (κ2) is 8.74. The number of benzene rings is 2. The van der Waals surface area contributed by atoms with Crippen molar-refractivity contribution in [1.29, 1.82) is 0 Å². The minimum atomic E-state index is -0.497. The number of ether oxygens (including phenoxy) is 4. The standard InChI is InChI=1S/C20H19ClN2O6/c1-25-14-6-5-11(7-17(14)28-4)19-18(22-10-29-19)20(24)23-13-8-12(21)15(26-2)9-16(13)27-3/h5-10H,1-4H3,(H,23,24). The van der Waals surface area contributed by atoms with Crippen molar-refractivity contribution in [3.8, 4) is 34.3 Å². The molecule has 0 atom stereocenters. The van der Waals surface area contributed by atoms with E-state index in [1.165, 1.54) is 40.9 Å². The molecule has 0 bridgehead atoms. The van der Waals surface area contributed by atoms with E-state index in [1.807, 2.05) is 0 Å². The molecule has 152 valence electrons. The number of rotatable bonds is 7. The van der Waals surface area contributed by atoms with Crippen LogP contribution in [0.2, 0.25) is 5.02 Å². The van der Waals surface area contributed by atoms with Crippen LogP contribution in [0.25, 0.3) is 11.3 Å². The van der Waals surface area contributed by atoms with Crippen LogP contribution in [-0.2, 0) is 0 Å². The molecule has 1 N–H and O–H groups in total. The summed E-state index contributed by atoms with van der Waals surface area (Å²) >= 11 is 6.16. The second-order valence-electron chi connectivity index (χ2n) is 5.74. The molecule has 0 fully saturated rings. The molecule has 3 rings (SSSR count). The van der Waals surface area contributed by atoms with Crippen LogP contribution in [-0.4, -0.2) is 39.3 Å². The van der Waals surface area contributed by atoms with E-state index in [0.29, 0.717) is 39.3 Å². The fourth-order valence-corrected chi connectivity index (χ4v) is 2.97. The molecule has 8 nitrogen and oxygen atoms in total. The van der Waals surface area contributed by atoms with Crippen molar-refractivity contribution < 1.29 is 28.2 Å². The van der Waals surface area contributed by atoms with Gasteiger partial charge in [-0.15, -0.1) is 0 Å². The third kappa shape index (κ3) is 4.07. The number of halogens is 1. The molecule has 3 aromatic rings. The minimum absolute atomic E-state index is 0.0891. The molecule has 0 saturated heterocycles. The topological polar surface area (TPSA) is 92.1 Å². The molecule has 0 aliphatic carbocycles. The maximum absolute atomic E-state index is 12.9. The summed E-state index contributed by atoms with van der Waals surface area (Å²) in [5.41, 5.74) is 1.06. The van der Waals surface area contributed by atoms with E-state index < -0.39 is 5.91 Å². The average Bonchev–Trinajstić information content (AvgIpc) is 3.23. The normalized spacial score (nSPS) is 10.4. The van der Waals surface area contributed by atoms with Crippen molar-refractivity contribution in [3.63, 3.8) is 0 Å². The van der Waals surface area contributed by atoms with Crippen molar-refractivity contribution >= 4 is 23.2 Å². The smallest absolute Gasteiger partial charge is 0.278 e. The number of aromatic nitrogens is 1. The van der Waals surface area contributed by atoms with Crippen molar-refractivity contribution in [2.24, 2.45) is 0 Å². The number of oxazole rings is 1. The van der Waals surface area contributed by atoms with Crippen molar-refractivity contribution in [2.75, 3.05) is 33.8 Å². The van der Waals surface area contributed by atoms with Gasteiger partial charge in [-0.2, -0.15) is 0 Å². The third-order valence-corrected chi connectivity index (χ3v) is 4.45. The number of anilines is 1. The van der Waals surface area contributed by atoms with Crippen LogP contribution in [0.1, 0.15) is 10.5 Å². The van der Waals surface area contributed by atoms with Gasteiger partial charge in [0.25, 0.3) is 5.91 Å². The minimum Gasteiger partial charge on any atom is -0.495 e. The zero-order valence-electron chi connectivity index (χ0n) is 16.2. The van der Waals surface area contributed by atoms with Gasteiger partial charge in [0.1, 0.15) is 11.5 Å². The van der Waals surface area contributed by atoms with Crippen molar-refractivity contribution in [3.05, 3.63) is 47.4 Å².